The number of hydrogen-bond acceptors (Lipinski definition) is 5. The number of halogens is 4. The fraction of sp³-hybridized carbons (Fsp3) is 0.259. The minimum Gasteiger partial charge on any atom is -0.497 e. The number of aromatic nitrogens is 2. The van der Waals surface area contributed by atoms with Crippen molar-refractivity contribution in [1.82, 2.24) is 9.55 Å². The van der Waals surface area contributed by atoms with Gasteiger partial charge in [0.2, 0.25) is 0 Å². The quantitative estimate of drug-likeness (QED) is 0.188. The number of alkyl halides is 3. The first-order valence-corrected chi connectivity index (χ1v) is 11.6. The minimum atomic E-state index is -4.33. The summed E-state index contributed by atoms with van der Waals surface area (Å²) in [6.07, 6.45) is -3.46. The van der Waals surface area contributed by atoms with Gasteiger partial charge in [0.15, 0.2) is 17.3 Å². The summed E-state index contributed by atoms with van der Waals surface area (Å²) in [5, 5.41) is 2.78. The van der Waals surface area contributed by atoms with Gasteiger partial charge in [0.05, 0.1) is 24.7 Å². The molecule has 37 heavy (non-hydrogen) atoms. The van der Waals surface area contributed by atoms with Gasteiger partial charge in [0.1, 0.15) is 23.3 Å². The highest BCUT2D eigenvalue weighted by molar-refractivity contribution is 5.97. The fourth-order valence-electron chi connectivity index (χ4n) is 3.95. The zero-order valence-corrected chi connectivity index (χ0v) is 20.4. The predicted octanol–water partition coefficient (Wildman–Crippen LogP) is 7.23. The van der Waals surface area contributed by atoms with Crippen molar-refractivity contribution in [2.24, 2.45) is 0 Å². The Labute approximate surface area is 210 Å². The Morgan fingerprint density at radius 3 is 2.51 bits per heavy atom. The monoisotopic (exact) mass is 515 g/mol. The molecule has 1 aromatic heterocycles. The van der Waals surface area contributed by atoms with Crippen LogP contribution in [0.4, 0.5) is 23.2 Å². The number of aryl methyl sites for hydroxylation is 1. The van der Waals surface area contributed by atoms with Crippen molar-refractivity contribution in [3.05, 3.63) is 71.8 Å². The Bertz CT molecular complexity index is 1450. The van der Waals surface area contributed by atoms with E-state index in [1.807, 2.05) is 13.0 Å². The first kappa shape index (κ1) is 26.0. The number of carbonyl (C=O) groups is 1. The number of nitrogens with zero attached hydrogens (tertiary/aromatic N) is 2. The van der Waals surface area contributed by atoms with E-state index in [2.05, 4.69) is 10.3 Å². The average Bonchev–Trinajstić information content (AvgIpc) is 3.28. The lowest BCUT2D eigenvalue weighted by Crippen LogP contribution is -2.14. The SMILES string of the molecule is CCC(=O)c1ccc(-n2cnc3c(NCCC(F)(F)F)cc(Oc4ccc(OC)cc4F)cc32)cc1C. The molecule has 0 aliphatic carbocycles. The molecular weight excluding hydrogens is 490 g/mol. The molecule has 1 N–H and O–H groups in total. The van der Waals surface area contributed by atoms with Gasteiger partial charge in [-0.1, -0.05) is 6.92 Å². The summed E-state index contributed by atoms with van der Waals surface area (Å²) in [4.78, 5) is 16.6. The van der Waals surface area contributed by atoms with Crippen LogP contribution in [0.25, 0.3) is 16.7 Å². The smallest absolute Gasteiger partial charge is 0.390 e. The van der Waals surface area contributed by atoms with Crippen LogP contribution in [-0.2, 0) is 0 Å². The van der Waals surface area contributed by atoms with Crippen LogP contribution in [-0.4, -0.2) is 35.2 Å². The normalized spacial score (nSPS) is 11.5. The third-order valence-corrected chi connectivity index (χ3v) is 5.83. The largest absolute Gasteiger partial charge is 0.497 e. The number of methoxy groups -OCH3 is 1. The van der Waals surface area contributed by atoms with E-state index in [0.29, 0.717) is 40.1 Å². The summed E-state index contributed by atoms with van der Waals surface area (Å²) < 4.78 is 65.4. The van der Waals surface area contributed by atoms with Gasteiger partial charge < -0.3 is 14.8 Å². The Morgan fingerprint density at radius 2 is 1.86 bits per heavy atom. The summed E-state index contributed by atoms with van der Waals surface area (Å²) in [6.45, 7) is 3.24. The molecule has 0 spiro atoms. The van der Waals surface area contributed by atoms with E-state index in [4.69, 9.17) is 9.47 Å². The first-order valence-electron chi connectivity index (χ1n) is 11.6. The average molecular weight is 516 g/mol. The minimum absolute atomic E-state index is 0.0212. The highest BCUT2D eigenvalue weighted by Gasteiger charge is 2.26. The number of carbonyl (C=O) groups excluding carboxylic acids is 1. The Hall–Kier alpha value is -4.08. The van der Waals surface area contributed by atoms with E-state index in [1.165, 1.54) is 37.7 Å². The van der Waals surface area contributed by atoms with Crippen LogP contribution in [0.2, 0.25) is 0 Å². The number of ether oxygens (including phenoxy) is 2. The first-order chi connectivity index (χ1) is 17.6. The molecule has 4 rings (SSSR count). The maximum absolute atomic E-state index is 14.5. The molecule has 0 bridgehead atoms. The second-order valence-electron chi connectivity index (χ2n) is 8.42. The van der Waals surface area contributed by atoms with Gasteiger partial charge in [-0.05, 0) is 42.8 Å². The van der Waals surface area contributed by atoms with E-state index in [1.54, 1.807) is 29.7 Å². The third-order valence-electron chi connectivity index (χ3n) is 5.83. The molecule has 0 radical (unpaired) electrons. The lowest BCUT2D eigenvalue weighted by Gasteiger charge is -2.14. The second kappa shape index (κ2) is 10.5. The van der Waals surface area contributed by atoms with Crippen LogP contribution in [0.15, 0.2) is 54.9 Å². The van der Waals surface area contributed by atoms with E-state index in [9.17, 15) is 22.4 Å². The van der Waals surface area contributed by atoms with Crippen molar-refractivity contribution < 1.29 is 31.8 Å². The van der Waals surface area contributed by atoms with Crippen molar-refractivity contribution in [2.75, 3.05) is 19.0 Å². The number of benzene rings is 3. The topological polar surface area (TPSA) is 65.4 Å². The number of nitrogens with one attached hydrogen (secondary N) is 1. The van der Waals surface area contributed by atoms with Crippen LogP contribution in [0.5, 0.6) is 17.2 Å². The van der Waals surface area contributed by atoms with Crippen molar-refractivity contribution in [2.45, 2.75) is 32.9 Å². The molecule has 6 nitrogen and oxygen atoms in total. The molecule has 0 fully saturated rings. The van der Waals surface area contributed by atoms with E-state index < -0.39 is 18.4 Å². The molecule has 3 aromatic carbocycles. The van der Waals surface area contributed by atoms with Gasteiger partial charge in [-0.15, -0.1) is 0 Å². The van der Waals surface area contributed by atoms with Crippen LogP contribution < -0.4 is 14.8 Å². The van der Waals surface area contributed by atoms with Crippen molar-refractivity contribution in [1.29, 1.82) is 0 Å². The summed E-state index contributed by atoms with van der Waals surface area (Å²) in [5.41, 5.74) is 3.33. The summed E-state index contributed by atoms with van der Waals surface area (Å²) in [6, 6.07) is 12.5. The van der Waals surface area contributed by atoms with Gasteiger partial charge in [-0.2, -0.15) is 13.2 Å². The maximum Gasteiger partial charge on any atom is 0.390 e. The molecule has 0 saturated carbocycles. The van der Waals surface area contributed by atoms with Crippen LogP contribution >= 0.6 is 0 Å². The molecule has 4 aromatic rings. The number of fused-ring (bicyclic) bond motifs is 1. The Balaban J connectivity index is 1.77. The predicted molar refractivity (Wildman–Crippen MR) is 133 cm³/mol. The van der Waals surface area contributed by atoms with Gasteiger partial charge >= 0.3 is 6.18 Å². The summed E-state index contributed by atoms with van der Waals surface area (Å²) in [7, 11) is 1.41. The van der Waals surface area contributed by atoms with Gasteiger partial charge in [-0.3, -0.25) is 9.36 Å². The number of Topliss-reactive ketones (excluding diaryl/α,β-unsaturated/α-hetero) is 1. The number of ketones is 1. The van der Waals surface area contributed by atoms with Gasteiger partial charge in [0.25, 0.3) is 0 Å². The van der Waals surface area contributed by atoms with E-state index in [-0.39, 0.29) is 23.8 Å². The van der Waals surface area contributed by atoms with Crippen molar-refractivity contribution >= 4 is 22.5 Å². The van der Waals surface area contributed by atoms with Crippen LogP contribution in [0, 0.1) is 12.7 Å². The highest BCUT2D eigenvalue weighted by atomic mass is 19.4. The van der Waals surface area contributed by atoms with Crippen LogP contribution in [0.1, 0.15) is 35.7 Å². The van der Waals surface area contributed by atoms with Gasteiger partial charge in [0, 0.05) is 42.4 Å². The Kier molecular flexibility index (Phi) is 7.37. The summed E-state index contributed by atoms with van der Waals surface area (Å²) >= 11 is 0. The lowest BCUT2D eigenvalue weighted by atomic mass is 10.0. The lowest BCUT2D eigenvalue weighted by molar-refractivity contribution is -0.131. The Morgan fingerprint density at radius 1 is 1.08 bits per heavy atom. The molecule has 0 atom stereocenters. The molecule has 194 valence electrons. The van der Waals surface area contributed by atoms with Crippen LogP contribution in [0.3, 0.4) is 0 Å². The third kappa shape index (κ3) is 5.84. The number of imidazole rings is 1. The molecular formula is C27H25F4N3O3. The molecule has 0 unspecified atom stereocenters. The number of hydrogen-bond donors (Lipinski definition) is 1. The molecule has 0 aliphatic heterocycles. The maximum atomic E-state index is 14.5. The van der Waals surface area contributed by atoms with Gasteiger partial charge in [-0.25, -0.2) is 9.37 Å². The fourth-order valence-corrected chi connectivity index (χ4v) is 3.95. The molecule has 0 aliphatic rings. The van der Waals surface area contributed by atoms with E-state index in [0.717, 1.165) is 5.56 Å². The van der Waals surface area contributed by atoms with Crippen molar-refractivity contribution in [3.63, 3.8) is 0 Å². The highest BCUT2D eigenvalue weighted by Crippen LogP contribution is 2.35. The molecule has 1 heterocycles. The number of rotatable bonds is 9. The zero-order valence-electron chi connectivity index (χ0n) is 20.4. The molecule has 0 amide bonds. The summed E-state index contributed by atoms with van der Waals surface area (Å²) in [5.74, 6) is -0.208. The zero-order chi connectivity index (χ0) is 26.7. The molecule has 10 heteroatoms. The molecule has 0 saturated heterocycles. The van der Waals surface area contributed by atoms with E-state index >= 15 is 0 Å². The standard InChI is InChI=1S/C27H25F4N3O3/c1-4-24(35)20-7-5-17(11-16(20)2)34-15-33-26-22(32-10-9-27(29,30)31)13-19(14-23(26)34)37-25-8-6-18(36-3)12-21(25)28/h5-8,11-15,32H,4,9-10H2,1-3H3. The second-order valence-corrected chi connectivity index (χ2v) is 8.42. The number of anilines is 1. The van der Waals surface area contributed by atoms with Crippen molar-refractivity contribution in [3.8, 4) is 22.9 Å².